The molecular weight excluding hydrogens is 373 g/mol. The summed E-state index contributed by atoms with van der Waals surface area (Å²) in [4.78, 5) is 27.2. The molecule has 29 heavy (non-hydrogen) atoms. The van der Waals surface area contributed by atoms with Crippen molar-refractivity contribution in [1.29, 1.82) is 0 Å². The number of benzene rings is 2. The summed E-state index contributed by atoms with van der Waals surface area (Å²) in [6.07, 6.45) is 0.747. The van der Waals surface area contributed by atoms with Gasteiger partial charge in [0.15, 0.2) is 0 Å². The number of hydrogen-bond acceptors (Lipinski definition) is 4. The SMILES string of the molecule is O=C(Cc1ccccc1F)C1CC2COCC(C1)N2C(=O)OCc1ccccc1. The Morgan fingerprint density at radius 1 is 1.00 bits per heavy atom. The van der Waals surface area contributed by atoms with E-state index in [1.165, 1.54) is 6.07 Å². The number of halogens is 1. The summed E-state index contributed by atoms with van der Waals surface area (Å²) in [6.45, 7) is 0.993. The van der Waals surface area contributed by atoms with Gasteiger partial charge < -0.3 is 9.47 Å². The summed E-state index contributed by atoms with van der Waals surface area (Å²) >= 11 is 0. The van der Waals surface area contributed by atoms with Crippen LogP contribution in [0.4, 0.5) is 9.18 Å². The molecule has 2 bridgehead atoms. The minimum absolute atomic E-state index is 0.0179. The molecule has 152 valence electrons. The highest BCUT2D eigenvalue weighted by atomic mass is 19.1. The van der Waals surface area contributed by atoms with Gasteiger partial charge in [-0.25, -0.2) is 9.18 Å². The number of carbonyl (C=O) groups excluding carboxylic acids is 2. The maximum absolute atomic E-state index is 13.9. The van der Waals surface area contributed by atoms with Gasteiger partial charge in [0.05, 0.1) is 25.3 Å². The summed E-state index contributed by atoms with van der Waals surface area (Å²) in [6, 6.07) is 15.5. The molecular formula is C23H24FNO4. The topological polar surface area (TPSA) is 55.8 Å². The molecule has 2 aliphatic rings. The Morgan fingerprint density at radius 2 is 1.66 bits per heavy atom. The molecule has 2 aromatic carbocycles. The van der Waals surface area contributed by atoms with Gasteiger partial charge in [0.25, 0.3) is 0 Å². The Morgan fingerprint density at radius 3 is 2.34 bits per heavy atom. The molecule has 4 rings (SSSR count). The lowest BCUT2D eigenvalue weighted by Gasteiger charge is -2.47. The van der Waals surface area contributed by atoms with Crippen molar-refractivity contribution in [3.05, 3.63) is 71.5 Å². The van der Waals surface area contributed by atoms with Gasteiger partial charge in [-0.05, 0) is 30.0 Å². The number of fused-ring (bicyclic) bond motifs is 2. The monoisotopic (exact) mass is 397 g/mol. The fraction of sp³-hybridized carbons (Fsp3) is 0.391. The van der Waals surface area contributed by atoms with Crippen LogP contribution in [0.1, 0.15) is 24.0 Å². The van der Waals surface area contributed by atoms with Crippen molar-refractivity contribution in [3.8, 4) is 0 Å². The van der Waals surface area contributed by atoms with E-state index in [9.17, 15) is 14.0 Å². The number of nitrogens with zero attached hydrogens (tertiary/aromatic N) is 1. The van der Waals surface area contributed by atoms with E-state index >= 15 is 0 Å². The number of morpholine rings is 1. The summed E-state index contributed by atoms with van der Waals surface area (Å²) in [7, 11) is 0. The largest absolute Gasteiger partial charge is 0.445 e. The first-order valence-corrected chi connectivity index (χ1v) is 9.94. The van der Waals surface area contributed by atoms with E-state index < -0.39 is 0 Å². The first-order chi connectivity index (χ1) is 14.1. The van der Waals surface area contributed by atoms with E-state index in [0.29, 0.717) is 31.6 Å². The number of carbonyl (C=O) groups is 2. The van der Waals surface area contributed by atoms with Crippen molar-refractivity contribution in [1.82, 2.24) is 4.90 Å². The highest BCUT2D eigenvalue weighted by Crippen LogP contribution is 2.33. The zero-order chi connectivity index (χ0) is 20.2. The molecule has 2 aromatic rings. The van der Waals surface area contributed by atoms with E-state index in [2.05, 4.69) is 0 Å². The van der Waals surface area contributed by atoms with Gasteiger partial charge in [-0.3, -0.25) is 9.69 Å². The van der Waals surface area contributed by atoms with Gasteiger partial charge in [0, 0.05) is 12.3 Å². The quantitative estimate of drug-likeness (QED) is 0.771. The number of ketones is 1. The predicted octanol–water partition coefficient (Wildman–Crippen LogP) is 3.75. The molecule has 6 heteroatoms. The molecule has 0 aromatic heterocycles. The molecule has 2 atom stereocenters. The Bertz CT molecular complexity index is 858. The summed E-state index contributed by atoms with van der Waals surface area (Å²) < 4.78 is 25.0. The highest BCUT2D eigenvalue weighted by molar-refractivity contribution is 5.84. The third-order valence-corrected chi connectivity index (χ3v) is 5.71. The second-order valence-electron chi connectivity index (χ2n) is 7.70. The lowest BCUT2D eigenvalue weighted by molar-refractivity contribution is -0.130. The maximum atomic E-state index is 13.9. The summed E-state index contributed by atoms with van der Waals surface area (Å²) in [5, 5.41) is 0. The molecule has 2 aliphatic heterocycles. The van der Waals surface area contributed by atoms with Crippen LogP contribution in [0.5, 0.6) is 0 Å². The number of hydrogen-bond donors (Lipinski definition) is 0. The van der Waals surface area contributed by atoms with Crippen molar-refractivity contribution in [3.63, 3.8) is 0 Å². The smallest absolute Gasteiger partial charge is 0.410 e. The van der Waals surface area contributed by atoms with Gasteiger partial charge in [-0.1, -0.05) is 48.5 Å². The number of piperidine rings is 1. The average Bonchev–Trinajstić information content (AvgIpc) is 2.73. The zero-order valence-corrected chi connectivity index (χ0v) is 16.1. The first-order valence-electron chi connectivity index (χ1n) is 9.94. The molecule has 0 radical (unpaired) electrons. The minimum Gasteiger partial charge on any atom is -0.445 e. The van der Waals surface area contributed by atoms with Crippen LogP contribution in [0, 0.1) is 11.7 Å². The second-order valence-corrected chi connectivity index (χ2v) is 7.70. The molecule has 5 nitrogen and oxygen atoms in total. The van der Waals surface area contributed by atoms with Crippen LogP contribution in [0.25, 0.3) is 0 Å². The Labute approximate surface area is 169 Å². The first kappa shape index (κ1) is 19.6. The van der Waals surface area contributed by atoms with E-state index in [1.807, 2.05) is 30.3 Å². The molecule has 2 saturated heterocycles. The maximum Gasteiger partial charge on any atom is 0.410 e. The van der Waals surface area contributed by atoms with Crippen LogP contribution >= 0.6 is 0 Å². The van der Waals surface area contributed by atoms with Gasteiger partial charge in [-0.15, -0.1) is 0 Å². The van der Waals surface area contributed by atoms with Crippen LogP contribution in [-0.2, 0) is 27.3 Å². The van der Waals surface area contributed by atoms with Crippen molar-refractivity contribution in [2.24, 2.45) is 5.92 Å². The zero-order valence-electron chi connectivity index (χ0n) is 16.1. The third-order valence-electron chi connectivity index (χ3n) is 5.71. The number of amides is 1. The van der Waals surface area contributed by atoms with E-state index in [4.69, 9.17) is 9.47 Å². The van der Waals surface area contributed by atoms with Crippen molar-refractivity contribution in [2.45, 2.75) is 38.0 Å². The summed E-state index contributed by atoms with van der Waals surface area (Å²) in [5.41, 5.74) is 1.35. The van der Waals surface area contributed by atoms with E-state index in [0.717, 1.165) is 5.56 Å². The van der Waals surface area contributed by atoms with Crippen LogP contribution < -0.4 is 0 Å². The van der Waals surface area contributed by atoms with Crippen LogP contribution in [0.15, 0.2) is 54.6 Å². The minimum atomic E-state index is -0.368. The lowest BCUT2D eigenvalue weighted by Crippen LogP contribution is -2.60. The van der Waals surface area contributed by atoms with Gasteiger partial charge in [0.1, 0.15) is 18.2 Å². The van der Waals surface area contributed by atoms with Gasteiger partial charge >= 0.3 is 6.09 Å². The van der Waals surface area contributed by atoms with E-state index in [1.54, 1.807) is 23.1 Å². The molecule has 2 unspecified atom stereocenters. The standard InChI is InChI=1S/C23H24FNO4/c24-21-9-5-4-8-17(21)12-22(26)18-10-19-14-28-15-20(11-18)25(19)23(27)29-13-16-6-2-1-3-7-16/h1-9,18-20H,10-15H2. The summed E-state index contributed by atoms with van der Waals surface area (Å²) in [5.74, 6) is -0.540. The third kappa shape index (κ3) is 4.48. The second kappa shape index (κ2) is 8.74. The van der Waals surface area contributed by atoms with E-state index in [-0.39, 0.29) is 48.7 Å². The normalized spacial score (nSPS) is 23.5. The van der Waals surface area contributed by atoms with Crippen LogP contribution in [0.3, 0.4) is 0 Å². The molecule has 2 heterocycles. The molecule has 1 amide bonds. The fourth-order valence-corrected chi connectivity index (χ4v) is 4.24. The Kier molecular flexibility index (Phi) is 5.90. The average molecular weight is 397 g/mol. The predicted molar refractivity (Wildman–Crippen MR) is 105 cm³/mol. The molecule has 0 spiro atoms. The highest BCUT2D eigenvalue weighted by Gasteiger charge is 2.44. The molecule has 0 aliphatic carbocycles. The number of ether oxygens (including phenoxy) is 2. The number of rotatable bonds is 5. The van der Waals surface area contributed by atoms with Crippen molar-refractivity contribution in [2.75, 3.05) is 13.2 Å². The van der Waals surface area contributed by atoms with Crippen LogP contribution in [-0.4, -0.2) is 42.1 Å². The Balaban J connectivity index is 1.39. The fourth-order valence-electron chi connectivity index (χ4n) is 4.24. The van der Waals surface area contributed by atoms with Gasteiger partial charge in [0.2, 0.25) is 0 Å². The van der Waals surface area contributed by atoms with Crippen molar-refractivity contribution < 1.29 is 23.5 Å². The molecule has 0 N–H and O–H groups in total. The van der Waals surface area contributed by atoms with Crippen LogP contribution in [0.2, 0.25) is 0 Å². The molecule has 2 fully saturated rings. The lowest BCUT2D eigenvalue weighted by atomic mass is 9.81. The van der Waals surface area contributed by atoms with Gasteiger partial charge in [-0.2, -0.15) is 0 Å². The molecule has 0 saturated carbocycles. The van der Waals surface area contributed by atoms with Crippen molar-refractivity contribution >= 4 is 11.9 Å². The Hall–Kier alpha value is -2.73. The number of Topliss-reactive ketones (excluding diaryl/α,β-unsaturated/α-hetero) is 1.